The van der Waals surface area contributed by atoms with Crippen LogP contribution in [0.5, 0.6) is 5.75 Å². The predicted molar refractivity (Wildman–Crippen MR) is 159 cm³/mol. The lowest BCUT2D eigenvalue weighted by Gasteiger charge is -2.29. The maximum atomic E-state index is 13.3. The summed E-state index contributed by atoms with van der Waals surface area (Å²) < 4.78 is 17.0. The number of benzene rings is 3. The van der Waals surface area contributed by atoms with Crippen molar-refractivity contribution in [2.24, 2.45) is 0 Å². The number of amides is 1. The van der Waals surface area contributed by atoms with E-state index in [0.29, 0.717) is 18.7 Å². The Kier molecular flexibility index (Phi) is 9.83. The van der Waals surface area contributed by atoms with E-state index in [2.05, 4.69) is 17.0 Å². The van der Waals surface area contributed by atoms with Crippen molar-refractivity contribution < 1.29 is 23.8 Å². The molecule has 0 aliphatic carbocycles. The lowest BCUT2D eigenvalue weighted by Crippen LogP contribution is -2.42. The van der Waals surface area contributed by atoms with Gasteiger partial charge >= 0.3 is 12.1 Å². The van der Waals surface area contributed by atoms with Crippen molar-refractivity contribution in [2.75, 3.05) is 46.4 Å². The highest BCUT2D eigenvalue weighted by molar-refractivity contribution is 5.89. The largest absolute Gasteiger partial charge is 0.489 e. The first kappa shape index (κ1) is 29.2. The minimum Gasteiger partial charge on any atom is -0.489 e. The Morgan fingerprint density at radius 2 is 1.65 bits per heavy atom. The van der Waals surface area contributed by atoms with Crippen LogP contribution >= 0.6 is 0 Å². The molecule has 0 saturated carbocycles. The van der Waals surface area contributed by atoms with Crippen molar-refractivity contribution >= 4 is 28.9 Å². The maximum Gasteiger partial charge on any atom is 0.410 e. The molecule has 1 saturated heterocycles. The molecule has 0 atom stereocenters. The third-order valence-electron chi connectivity index (χ3n) is 6.80. The van der Waals surface area contributed by atoms with Crippen LogP contribution in [0, 0.1) is 0 Å². The van der Waals surface area contributed by atoms with Gasteiger partial charge in [0, 0.05) is 25.0 Å². The van der Waals surface area contributed by atoms with Crippen molar-refractivity contribution in [3.63, 3.8) is 0 Å². The number of esters is 1. The molecular formula is C33H40N2O5. The zero-order valence-corrected chi connectivity index (χ0v) is 24.0. The Morgan fingerprint density at radius 3 is 2.35 bits per heavy atom. The molecule has 1 heterocycles. The summed E-state index contributed by atoms with van der Waals surface area (Å²) in [6.45, 7) is 9.75. The number of hydrogen-bond acceptors (Lipinski definition) is 6. The lowest BCUT2D eigenvalue weighted by molar-refractivity contribution is 0.0251. The number of rotatable bonds is 10. The molecule has 3 aromatic carbocycles. The van der Waals surface area contributed by atoms with E-state index in [1.807, 2.05) is 69.3 Å². The van der Waals surface area contributed by atoms with Gasteiger partial charge in [-0.05, 0) is 81.4 Å². The van der Waals surface area contributed by atoms with Gasteiger partial charge < -0.3 is 24.0 Å². The van der Waals surface area contributed by atoms with Crippen molar-refractivity contribution in [3.05, 3.63) is 83.4 Å². The highest BCUT2D eigenvalue weighted by Crippen LogP contribution is 2.26. The summed E-state index contributed by atoms with van der Waals surface area (Å²) in [4.78, 5) is 29.4. The van der Waals surface area contributed by atoms with E-state index in [-0.39, 0.29) is 18.7 Å². The zero-order valence-electron chi connectivity index (χ0n) is 24.0. The summed E-state index contributed by atoms with van der Waals surface area (Å²) in [5.74, 6) is 0.402. The van der Waals surface area contributed by atoms with Crippen LogP contribution in [0.3, 0.4) is 0 Å². The fraction of sp³-hybridized carbons (Fsp3) is 0.394. The molecule has 0 aromatic heterocycles. The van der Waals surface area contributed by atoms with E-state index in [4.69, 9.17) is 14.2 Å². The normalized spacial score (nSPS) is 14.2. The Balaban J connectivity index is 1.60. The van der Waals surface area contributed by atoms with Crippen LogP contribution in [0.15, 0.2) is 72.3 Å². The zero-order chi connectivity index (χ0) is 28.5. The van der Waals surface area contributed by atoms with Crippen molar-refractivity contribution in [1.82, 2.24) is 9.80 Å². The summed E-state index contributed by atoms with van der Waals surface area (Å²) in [6, 6.07) is 21.3. The second kappa shape index (κ2) is 13.5. The number of nitrogens with zero attached hydrogens (tertiary/aromatic N) is 2. The number of carbonyl (C=O) groups is 2. The topological polar surface area (TPSA) is 68.3 Å². The van der Waals surface area contributed by atoms with Gasteiger partial charge in [-0.1, -0.05) is 54.6 Å². The second-order valence-corrected chi connectivity index (χ2v) is 11.1. The van der Waals surface area contributed by atoms with Gasteiger partial charge in [0.05, 0.1) is 12.7 Å². The first-order valence-corrected chi connectivity index (χ1v) is 13.9. The maximum absolute atomic E-state index is 13.3. The number of fused-ring (bicyclic) bond motifs is 1. The van der Waals surface area contributed by atoms with Gasteiger partial charge in [-0.3, -0.25) is 0 Å². The summed E-state index contributed by atoms with van der Waals surface area (Å²) in [7, 11) is 1.37. The number of carbonyl (C=O) groups excluding carboxylic acids is 2. The smallest absolute Gasteiger partial charge is 0.410 e. The van der Waals surface area contributed by atoms with Gasteiger partial charge in [0.15, 0.2) is 0 Å². The van der Waals surface area contributed by atoms with E-state index < -0.39 is 5.60 Å². The highest BCUT2D eigenvalue weighted by atomic mass is 16.6. The van der Waals surface area contributed by atoms with Crippen LogP contribution in [-0.4, -0.2) is 73.9 Å². The van der Waals surface area contributed by atoms with Gasteiger partial charge in [-0.15, -0.1) is 0 Å². The SMILES string of the molecule is COC(=O)c1ccc(/C=C(\COc2cccc3ccccc23)CN(CCN2CCCC2)C(=O)OC(C)(C)C)cc1. The fourth-order valence-electron chi connectivity index (χ4n) is 4.77. The molecule has 212 valence electrons. The number of hydrogen-bond donors (Lipinski definition) is 0. The third-order valence-corrected chi connectivity index (χ3v) is 6.80. The molecule has 7 nitrogen and oxygen atoms in total. The predicted octanol–water partition coefficient (Wildman–Crippen LogP) is 6.42. The Morgan fingerprint density at radius 1 is 0.950 bits per heavy atom. The van der Waals surface area contributed by atoms with Gasteiger partial charge in [-0.25, -0.2) is 9.59 Å². The van der Waals surface area contributed by atoms with E-state index in [1.165, 1.54) is 20.0 Å². The molecule has 7 heteroatoms. The average Bonchev–Trinajstić information content (AvgIpc) is 3.46. The summed E-state index contributed by atoms with van der Waals surface area (Å²) in [6.07, 6.45) is 4.05. The number of likely N-dealkylation sites (tertiary alicyclic amines) is 1. The first-order valence-electron chi connectivity index (χ1n) is 13.9. The Hall–Kier alpha value is -3.84. The van der Waals surface area contributed by atoms with Crippen LogP contribution in [0.2, 0.25) is 0 Å². The van der Waals surface area contributed by atoms with E-state index in [9.17, 15) is 9.59 Å². The molecular weight excluding hydrogens is 504 g/mol. The molecule has 0 radical (unpaired) electrons. The van der Waals surface area contributed by atoms with Crippen molar-refractivity contribution in [1.29, 1.82) is 0 Å². The molecule has 4 rings (SSSR count). The first-order chi connectivity index (χ1) is 19.2. The molecule has 1 fully saturated rings. The molecule has 1 amide bonds. The molecule has 0 bridgehead atoms. The molecule has 40 heavy (non-hydrogen) atoms. The third kappa shape index (κ3) is 8.33. The quantitative estimate of drug-likeness (QED) is 0.274. The standard InChI is InChI=1S/C33H40N2O5/c1-33(2,3)40-32(37)35(21-20-34-18-7-8-19-34)23-26(22-25-14-16-28(17-15-25)31(36)38-4)24-39-30-13-9-11-27-10-5-6-12-29(27)30/h5-6,9-17,22H,7-8,18-21,23-24H2,1-4H3/b26-22-. The fourth-order valence-corrected chi connectivity index (χ4v) is 4.77. The summed E-state index contributed by atoms with van der Waals surface area (Å²) >= 11 is 0. The number of methoxy groups -OCH3 is 1. The molecule has 1 aliphatic rings. The minimum absolute atomic E-state index is 0.287. The molecule has 1 aliphatic heterocycles. The average molecular weight is 545 g/mol. The second-order valence-electron chi connectivity index (χ2n) is 11.1. The lowest BCUT2D eigenvalue weighted by atomic mass is 10.1. The van der Waals surface area contributed by atoms with Crippen molar-refractivity contribution in [2.45, 2.75) is 39.2 Å². The van der Waals surface area contributed by atoms with Crippen molar-refractivity contribution in [3.8, 4) is 5.75 Å². The monoisotopic (exact) mass is 544 g/mol. The Labute approximate surface area is 237 Å². The molecule has 0 unspecified atom stereocenters. The van der Waals surface area contributed by atoms with Crippen LogP contribution < -0.4 is 4.74 Å². The van der Waals surface area contributed by atoms with Crippen LogP contribution in [0.1, 0.15) is 49.5 Å². The van der Waals surface area contributed by atoms with Crippen LogP contribution in [0.25, 0.3) is 16.8 Å². The van der Waals surface area contributed by atoms with Crippen LogP contribution in [-0.2, 0) is 9.47 Å². The van der Waals surface area contributed by atoms with Gasteiger partial charge in [0.25, 0.3) is 0 Å². The van der Waals surface area contributed by atoms with E-state index in [1.54, 1.807) is 17.0 Å². The van der Waals surface area contributed by atoms with Gasteiger partial charge in [0.1, 0.15) is 18.0 Å². The Bertz CT molecular complexity index is 1320. The van der Waals surface area contributed by atoms with E-state index >= 15 is 0 Å². The van der Waals surface area contributed by atoms with E-state index in [0.717, 1.165) is 47.3 Å². The summed E-state index contributed by atoms with van der Waals surface area (Å²) in [5, 5.41) is 2.13. The van der Waals surface area contributed by atoms with Gasteiger partial charge in [0.2, 0.25) is 0 Å². The van der Waals surface area contributed by atoms with Crippen LogP contribution in [0.4, 0.5) is 4.79 Å². The molecule has 3 aromatic rings. The van der Waals surface area contributed by atoms with Gasteiger partial charge in [-0.2, -0.15) is 0 Å². The molecule has 0 spiro atoms. The summed E-state index contributed by atoms with van der Waals surface area (Å²) in [5.41, 5.74) is 1.68. The molecule has 0 N–H and O–H groups in total. The minimum atomic E-state index is -0.601. The number of ether oxygens (including phenoxy) is 3. The highest BCUT2D eigenvalue weighted by Gasteiger charge is 2.24.